The van der Waals surface area contributed by atoms with Crippen LogP contribution in [-0.2, 0) is 4.74 Å². The van der Waals surface area contributed by atoms with Gasteiger partial charge in [0.25, 0.3) is 0 Å². The summed E-state index contributed by atoms with van der Waals surface area (Å²) < 4.78 is 5.38. The number of carbonyl (C=O) groups is 1. The Balaban J connectivity index is 1.59. The maximum absolute atomic E-state index is 12.4. The summed E-state index contributed by atoms with van der Waals surface area (Å²) in [6.45, 7) is 9.93. The number of aromatic nitrogens is 1. The number of ether oxygens (including phenoxy) is 1. The van der Waals surface area contributed by atoms with Crippen LogP contribution in [0.2, 0.25) is 0 Å². The summed E-state index contributed by atoms with van der Waals surface area (Å²) in [5, 5.41) is 0. The van der Waals surface area contributed by atoms with Gasteiger partial charge in [0.2, 0.25) is 0 Å². The van der Waals surface area contributed by atoms with Gasteiger partial charge in [-0.1, -0.05) is 6.42 Å². The summed E-state index contributed by atoms with van der Waals surface area (Å²) in [6.07, 6.45) is 5.62. The number of rotatable bonds is 5. The summed E-state index contributed by atoms with van der Waals surface area (Å²) in [5.74, 6) is 0.474. The van der Waals surface area contributed by atoms with Crippen molar-refractivity contribution in [1.82, 2.24) is 14.8 Å². The second-order valence-electron chi connectivity index (χ2n) is 7.75. The first-order valence-corrected chi connectivity index (χ1v) is 9.88. The van der Waals surface area contributed by atoms with Gasteiger partial charge in [-0.05, 0) is 52.4 Å². The molecular formula is C20H32N4O2. The molecule has 26 heavy (non-hydrogen) atoms. The summed E-state index contributed by atoms with van der Waals surface area (Å²) in [4.78, 5) is 24.1. The Morgan fingerprint density at radius 1 is 1.23 bits per heavy atom. The second kappa shape index (κ2) is 8.82. The average Bonchev–Trinajstić information content (AvgIpc) is 2.64. The number of carbonyl (C=O) groups excluding carboxylic acids is 1. The van der Waals surface area contributed by atoms with Gasteiger partial charge in [0.1, 0.15) is 11.4 Å². The topological polar surface area (TPSA) is 48.9 Å². The lowest BCUT2D eigenvalue weighted by molar-refractivity contribution is 0.0378. The molecule has 2 fully saturated rings. The summed E-state index contributed by atoms with van der Waals surface area (Å²) in [6, 6.07) is 4.30. The highest BCUT2D eigenvalue weighted by Gasteiger charge is 2.26. The Morgan fingerprint density at radius 2 is 2.00 bits per heavy atom. The molecule has 0 aliphatic carbocycles. The molecule has 3 rings (SSSR count). The zero-order valence-corrected chi connectivity index (χ0v) is 16.4. The number of piperazine rings is 1. The molecule has 1 aromatic heterocycles. The largest absolute Gasteiger partial charge is 0.459 e. The Bertz CT molecular complexity index is 599. The van der Waals surface area contributed by atoms with E-state index in [1.807, 2.05) is 19.9 Å². The van der Waals surface area contributed by atoms with Crippen molar-refractivity contribution < 1.29 is 9.53 Å². The standard InChI is InChI=1S/C20H32N4O2/c1-16(2)26-20(25)18-8-6-9-21-19(18)24-13-11-23(12-14-24)15-17-7-4-5-10-22(17)3/h6,8-9,16-17H,4-5,7,10-15H2,1-3H3. The number of hydrogen-bond acceptors (Lipinski definition) is 6. The first-order valence-electron chi connectivity index (χ1n) is 9.88. The highest BCUT2D eigenvalue weighted by Crippen LogP contribution is 2.22. The van der Waals surface area contributed by atoms with Gasteiger partial charge in [0, 0.05) is 45.0 Å². The van der Waals surface area contributed by atoms with Gasteiger partial charge in [-0.2, -0.15) is 0 Å². The van der Waals surface area contributed by atoms with Crippen LogP contribution in [0.4, 0.5) is 5.82 Å². The molecule has 0 amide bonds. The molecule has 144 valence electrons. The monoisotopic (exact) mass is 360 g/mol. The highest BCUT2D eigenvalue weighted by atomic mass is 16.5. The predicted octanol–water partition coefficient (Wildman–Crippen LogP) is 2.25. The van der Waals surface area contributed by atoms with Gasteiger partial charge in [0.05, 0.1) is 6.10 Å². The third-order valence-electron chi connectivity index (χ3n) is 5.41. The molecule has 6 heteroatoms. The van der Waals surface area contributed by atoms with E-state index in [1.54, 1.807) is 12.3 Å². The number of anilines is 1. The van der Waals surface area contributed by atoms with Crippen LogP contribution in [-0.4, -0.2) is 79.2 Å². The normalized spacial score (nSPS) is 22.6. The Hall–Kier alpha value is -1.66. The molecule has 6 nitrogen and oxygen atoms in total. The van der Waals surface area contributed by atoms with Crippen molar-refractivity contribution in [3.63, 3.8) is 0 Å². The Kier molecular flexibility index (Phi) is 6.48. The number of piperidine rings is 1. The molecule has 2 saturated heterocycles. The van der Waals surface area contributed by atoms with E-state index in [0.717, 1.165) is 38.5 Å². The van der Waals surface area contributed by atoms with E-state index in [1.165, 1.54) is 25.8 Å². The average molecular weight is 361 g/mol. The van der Waals surface area contributed by atoms with E-state index in [9.17, 15) is 4.79 Å². The number of hydrogen-bond donors (Lipinski definition) is 0. The van der Waals surface area contributed by atoms with Gasteiger partial charge < -0.3 is 14.5 Å². The van der Waals surface area contributed by atoms with E-state index in [4.69, 9.17) is 4.74 Å². The van der Waals surface area contributed by atoms with Gasteiger partial charge in [-0.15, -0.1) is 0 Å². The fourth-order valence-corrected chi connectivity index (χ4v) is 3.90. The fraction of sp³-hybridized carbons (Fsp3) is 0.700. The minimum absolute atomic E-state index is 0.125. The van der Waals surface area contributed by atoms with Crippen LogP contribution < -0.4 is 4.90 Å². The lowest BCUT2D eigenvalue weighted by atomic mass is 10.0. The SMILES string of the molecule is CC(C)OC(=O)c1cccnc1N1CCN(CC2CCCCN2C)CC1. The minimum Gasteiger partial charge on any atom is -0.459 e. The molecule has 1 aromatic rings. The van der Waals surface area contributed by atoms with Crippen LogP contribution >= 0.6 is 0 Å². The zero-order chi connectivity index (χ0) is 18.5. The number of pyridine rings is 1. The van der Waals surface area contributed by atoms with Crippen LogP contribution in [0, 0.1) is 0 Å². The van der Waals surface area contributed by atoms with Crippen molar-refractivity contribution in [3.8, 4) is 0 Å². The molecule has 1 unspecified atom stereocenters. The molecule has 3 heterocycles. The molecule has 0 spiro atoms. The maximum atomic E-state index is 12.4. The van der Waals surface area contributed by atoms with E-state index in [-0.39, 0.29) is 12.1 Å². The van der Waals surface area contributed by atoms with Crippen LogP contribution in [0.3, 0.4) is 0 Å². The van der Waals surface area contributed by atoms with Crippen LogP contribution in [0.1, 0.15) is 43.5 Å². The molecule has 0 aromatic carbocycles. The quantitative estimate of drug-likeness (QED) is 0.751. The highest BCUT2D eigenvalue weighted by molar-refractivity contribution is 5.94. The molecule has 0 saturated carbocycles. The maximum Gasteiger partial charge on any atom is 0.342 e. The molecule has 0 radical (unpaired) electrons. The van der Waals surface area contributed by atoms with Crippen molar-refractivity contribution in [2.75, 3.05) is 51.2 Å². The minimum atomic E-state index is -0.283. The third-order valence-corrected chi connectivity index (χ3v) is 5.41. The zero-order valence-electron chi connectivity index (χ0n) is 16.4. The van der Waals surface area contributed by atoms with Crippen molar-refractivity contribution in [2.45, 2.75) is 45.3 Å². The van der Waals surface area contributed by atoms with Crippen LogP contribution in [0.5, 0.6) is 0 Å². The van der Waals surface area contributed by atoms with E-state index in [2.05, 4.69) is 26.7 Å². The second-order valence-corrected chi connectivity index (χ2v) is 7.75. The summed E-state index contributed by atoms with van der Waals surface area (Å²) in [7, 11) is 2.25. The van der Waals surface area contributed by atoms with Gasteiger partial charge >= 0.3 is 5.97 Å². The van der Waals surface area contributed by atoms with E-state index >= 15 is 0 Å². The summed E-state index contributed by atoms with van der Waals surface area (Å²) in [5.41, 5.74) is 0.571. The van der Waals surface area contributed by atoms with Crippen molar-refractivity contribution in [3.05, 3.63) is 23.9 Å². The Labute approximate surface area is 157 Å². The number of likely N-dealkylation sites (N-methyl/N-ethyl adjacent to an activating group) is 1. The first-order chi connectivity index (χ1) is 12.5. The molecule has 1 atom stereocenters. The van der Waals surface area contributed by atoms with Crippen molar-refractivity contribution in [2.24, 2.45) is 0 Å². The third kappa shape index (κ3) is 4.74. The van der Waals surface area contributed by atoms with Crippen molar-refractivity contribution >= 4 is 11.8 Å². The lowest BCUT2D eigenvalue weighted by Gasteiger charge is -2.40. The summed E-state index contributed by atoms with van der Waals surface area (Å²) >= 11 is 0. The molecule has 2 aliphatic heterocycles. The number of esters is 1. The number of likely N-dealkylation sites (tertiary alicyclic amines) is 1. The molecule has 0 N–H and O–H groups in total. The Morgan fingerprint density at radius 3 is 2.69 bits per heavy atom. The smallest absolute Gasteiger partial charge is 0.342 e. The van der Waals surface area contributed by atoms with Crippen LogP contribution in [0.25, 0.3) is 0 Å². The number of nitrogens with zero attached hydrogens (tertiary/aromatic N) is 4. The predicted molar refractivity (Wildman–Crippen MR) is 104 cm³/mol. The molecular weight excluding hydrogens is 328 g/mol. The fourth-order valence-electron chi connectivity index (χ4n) is 3.90. The molecule has 0 bridgehead atoms. The van der Waals surface area contributed by atoms with Gasteiger partial charge in [0.15, 0.2) is 0 Å². The van der Waals surface area contributed by atoms with E-state index in [0.29, 0.717) is 11.6 Å². The van der Waals surface area contributed by atoms with E-state index < -0.39 is 0 Å². The van der Waals surface area contributed by atoms with Gasteiger partial charge in [-0.3, -0.25) is 4.90 Å². The first kappa shape index (κ1) is 19.1. The van der Waals surface area contributed by atoms with Gasteiger partial charge in [-0.25, -0.2) is 9.78 Å². The lowest BCUT2D eigenvalue weighted by Crippen LogP contribution is -2.52. The van der Waals surface area contributed by atoms with Crippen LogP contribution in [0.15, 0.2) is 18.3 Å². The molecule has 2 aliphatic rings. The van der Waals surface area contributed by atoms with Crippen molar-refractivity contribution in [1.29, 1.82) is 0 Å².